The lowest BCUT2D eigenvalue weighted by Crippen LogP contribution is -2.07. The van der Waals surface area contributed by atoms with Crippen LogP contribution >= 0.6 is 0 Å². The van der Waals surface area contributed by atoms with Crippen LogP contribution in [0.15, 0.2) is 164 Å². The van der Waals surface area contributed by atoms with Crippen LogP contribution in [-0.2, 0) is 0 Å². The second-order valence-corrected chi connectivity index (χ2v) is 16.6. The monoisotopic (exact) mass is 821 g/mol. The fraction of sp³-hybridized carbons (Fsp3) is 0.0702. The van der Waals surface area contributed by atoms with Crippen LogP contribution in [0.5, 0.6) is 0 Å². The summed E-state index contributed by atoms with van der Waals surface area (Å²) in [6.07, 6.45) is 0. The van der Waals surface area contributed by atoms with Crippen molar-refractivity contribution in [2.75, 3.05) is 0 Å². The first-order valence-electron chi connectivity index (χ1n) is 21.3. The van der Waals surface area contributed by atoms with Gasteiger partial charge in [0.2, 0.25) is 0 Å². The van der Waals surface area contributed by atoms with Crippen molar-refractivity contribution in [1.29, 1.82) is 10.5 Å². The third-order valence-corrected chi connectivity index (χ3v) is 12.3. The predicted molar refractivity (Wildman–Crippen MR) is 259 cm³/mol. The van der Waals surface area contributed by atoms with Gasteiger partial charge in [-0.1, -0.05) is 113 Å². The maximum atomic E-state index is 11.0. The van der Waals surface area contributed by atoms with Gasteiger partial charge in [0.1, 0.15) is 0 Å². The molecule has 302 valence electrons. The van der Waals surface area contributed by atoms with E-state index in [0.29, 0.717) is 34.2 Å². The molecule has 0 unspecified atom stereocenters. The molecule has 64 heavy (non-hydrogen) atoms. The quantitative estimate of drug-likeness (QED) is 0.166. The molecule has 0 aliphatic heterocycles. The summed E-state index contributed by atoms with van der Waals surface area (Å²) in [5.74, 6) is 1.21. The predicted octanol–water partition coefficient (Wildman–Crippen LogP) is 13.7. The highest BCUT2D eigenvalue weighted by Crippen LogP contribution is 2.43. The zero-order valence-corrected chi connectivity index (χ0v) is 35.7. The summed E-state index contributed by atoms with van der Waals surface area (Å²) in [6, 6.07) is 60.7. The van der Waals surface area contributed by atoms with Gasteiger partial charge in [0.25, 0.3) is 0 Å². The molecule has 0 saturated carbocycles. The first-order valence-corrected chi connectivity index (χ1v) is 21.3. The van der Waals surface area contributed by atoms with Crippen molar-refractivity contribution in [3.05, 3.63) is 197 Å². The summed E-state index contributed by atoms with van der Waals surface area (Å²) in [7, 11) is 0. The Hall–Kier alpha value is -8.65. The third kappa shape index (κ3) is 6.14. The second kappa shape index (κ2) is 15.1. The summed E-state index contributed by atoms with van der Waals surface area (Å²) in [5.41, 5.74) is 15.0. The molecule has 8 aromatic carbocycles. The van der Waals surface area contributed by atoms with E-state index in [2.05, 4.69) is 128 Å². The van der Waals surface area contributed by atoms with Gasteiger partial charge in [-0.25, -0.2) is 15.0 Å². The van der Waals surface area contributed by atoms with E-state index in [9.17, 15) is 10.5 Å². The zero-order chi connectivity index (χ0) is 43.6. The minimum Gasteiger partial charge on any atom is -0.308 e. The van der Waals surface area contributed by atoms with Crippen molar-refractivity contribution in [2.24, 2.45) is 0 Å². The third-order valence-electron chi connectivity index (χ3n) is 12.3. The molecule has 0 N–H and O–H groups in total. The Labute approximate surface area is 370 Å². The Morgan fingerprint density at radius 2 is 0.781 bits per heavy atom. The molecule has 3 aromatic heterocycles. The van der Waals surface area contributed by atoms with Crippen LogP contribution in [0, 0.1) is 50.4 Å². The molecule has 0 aliphatic rings. The van der Waals surface area contributed by atoms with Gasteiger partial charge in [0, 0.05) is 32.7 Å². The first-order chi connectivity index (χ1) is 31.3. The summed E-state index contributed by atoms with van der Waals surface area (Å²) in [6.45, 7) is 8.46. The Morgan fingerprint density at radius 1 is 0.375 bits per heavy atom. The topological polar surface area (TPSA) is 96.1 Å². The van der Waals surface area contributed by atoms with Crippen LogP contribution in [0.1, 0.15) is 33.4 Å². The van der Waals surface area contributed by atoms with Gasteiger partial charge in [-0.3, -0.25) is 0 Å². The molecule has 0 atom stereocenters. The number of nitriles is 2. The fourth-order valence-electron chi connectivity index (χ4n) is 9.39. The fourth-order valence-corrected chi connectivity index (χ4v) is 9.39. The molecular weight excluding hydrogens is 783 g/mol. The van der Waals surface area contributed by atoms with E-state index in [-0.39, 0.29) is 0 Å². The maximum absolute atomic E-state index is 11.0. The van der Waals surface area contributed by atoms with Crippen molar-refractivity contribution in [3.8, 4) is 68.8 Å². The highest BCUT2D eigenvalue weighted by atomic mass is 15.1. The molecule has 0 saturated heterocycles. The van der Waals surface area contributed by atoms with Gasteiger partial charge in [0.05, 0.1) is 67.8 Å². The highest BCUT2D eigenvalue weighted by molar-refractivity contribution is 6.12. The summed E-state index contributed by atoms with van der Waals surface area (Å²) >= 11 is 0. The van der Waals surface area contributed by atoms with Gasteiger partial charge in [-0.05, 0) is 106 Å². The summed E-state index contributed by atoms with van der Waals surface area (Å²) in [5, 5.41) is 26.0. The van der Waals surface area contributed by atoms with Crippen molar-refractivity contribution in [1.82, 2.24) is 24.1 Å². The van der Waals surface area contributed by atoms with E-state index < -0.39 is 0 Å². The number of rotatable bonds is 6. The van der Waals surface area contributed by atoms with Crippen LogP contribution in [0.25, 0.3) is 100 Å². The normalized spacial score (nSPS) is 11.4. The number of hydrogen-bond acceptors (Lipinski definition) is 5. The van der Waals surface area contributed by atoms with E-state index in [4.69, 9.17) is 15.0 Å². The molecule has 0 fully saturated rings. The van der Waals surface area contributed by atoms with Gasteiger partial charge >= 0.3 is 0 Å². The van der Waals surface area contributed by atoms with Crippen molar-refractivity contribution in [3.63, 3.8) is 0 Å². The molecule has 7 nitrogen and oxygen atoms in total. The molecular formula is C57H39N7. The number of nitrogens with zero attached hydrogens (tertiary/aromatic N) is 7. The molecule has 11 rings (SSSR count). The molecule has 0 amide bonds. The lowest BCUT2D eigenvalue weighted by atomic mass is 9.93. The minimum absolute atomic E-state index is 0.355. The minimum atomic E-state index is 0.355. The largest absolute Gasteiger partial charge is 0.308 e. The molecule has 7 heteroatoms. The molecule has 0 spiro atoms. The standard InChI is InChI=1S/C57H39N7/c1-34-20-24-47-43(28-34)44-29-35(2)21-25-48(44)63(47)51-18-10-15-40(33-59)53(51)56-60-55(38-12-6-5-7-13-38)61-57(62-56)54-42(41-16-9-8-14-39(41)32-58)17-11-19-52(54)64-49-26-22-36(3)30-45(49)46-31-37(4)23-27-50(46)64/h5-31H,1-4H3. The Morgan fingerprint density at radius 3 is 1.30 bits per heavy atom. The van der Waals surface area contributed by atoms with Gasteiger partial charge in [-0.15, -0.1) is 0 Å². The van der Waals surface area contributed by atoms with Crippen LogP contribution in [0.4, 0.5) is 0 Å². The first kappa shape index (κ1) is 38.3. The van der Waals surface area contributed by atoms with Crippen molar-refractivity contribution >= 4 is 43.6 Å². The van der Waals surface area contributed by atoms with Crippen molar-refractivity contribution < 1.29 is 0 Å². The van der Waals surface area contributed by atoms with Gasteiger partial charge < -0.3 is 9.13 Å². The molecule has 0 bridgehead atoms. The number of aromatic nitrogens is 5. The van der Waals surface area contributed by atoms with Crippen LogP contribution in [0.2, 0.25) is 0 Å². The van der Waals surface area contributed by atoms with E-state index in [0.717, 1.165) is 88.4 Å². The van der Waals surface area contributed by atoms with E-state index >= 15 is 0 Å². The van der Waals surface area contributed by atoms with E-state index in [1.807, 2.05) is 84.9 Å². The van der Waals surface area contributed by atoms with E-state index in [1.54, 1.807) is 0 Å². The SMILES string of the molecule is Cc1ccc2c(c1)c1cc(C)ccc1n2-c1cccc(C#N)c1-c1nc(-c2ccccc2)nc(-c2c(-c3ccccc3C#N)cccc2-n2c3ccc(C)cc3c3cc(C)ccc32)n1. The Balaban J connectivity index is 1.28. The Bertz CT molecular complexity index is 3680. The van der Waals surface area contributed by atoms with Gasteiger partial charge in [-0.2, -0.15) is 10.5 Å². The van der Waals surface area contributed by atoms with Crippen LogP contribution in [-0.4, -0.2) is 24.1 Å². The number of aryl methyl sites for hydroxylation is 4. The molecule has 0 aliphatic carbocycles. The maximum Gasteiger partial charge on any atom is 0.167 e. The summed E-state index contributed by atoms with van der Waals surface area (Å²) in [4.78, 5) is 16.1. The van der Waals surface area contributed by atoms with E-state index in [1.165, 1.54) is 11.1 Å². The Kier molecular flexibility index (Phi) is 9.01. The van der Waals surface area contributed by atoms with Crippen LogP contribution in [0.3, 0.4) is 0 Å². The average molecular weight is 822 g/mol. The lowest BCUT2D eigenvalue weighted by Gasteiger charge is -2.20. The van der Waals surface area contributed by atoms with Gasteiger partial charge in [0.15, 0.2) is 17.5 Å². The highest BCUT2D eigenvalue weighted by Gasteiger charge is 2.26. The number of benzene rings is 8. The number of fused-ring (bicyclic) bond motifs is 6. The van der Waals surface area contributed by atoms with Crippen molar-refractivity contribution in [2.45, 2.75) is 27.7 Å². The average Bonchev–Trinajstić information content (AvgIpc) is 3.81. The van der Waals surface area contributed by atoms with Crippen LogP contribution < -0.4 is 0 Å². The second-order valence-electron chi connectivity index (χ2n) is 16.6. The zero-order valence-electron chi connectivity index (χ0n) is 35.7. The smallest absolute Gasteiger partial charge is 0.167 e. The molecule has 0 radical (unpaired) electrons. The molecule has 11 aromatic rings. The summed E-state index contributed by atoms with van der Waals surface area (Å²) < 4.78 is 4.52. The molecule has 3 heterocycles. The number of hydrogen-bond donors (Lipinski definition) is 0. The lowest BCUT2D eigenvalue weighted by molar-refractivity contribution is 1.06.